The number of rotatable bonds is 7. The fourth-order valence-electron chi connectivity index (χ4n) is 1.29. The number of amides is 2. The first kappa shape index (κ1) is 16.0. The zero-order valence-corrected chi connectivity index (χ0v) is 11.8. The first-order valence-electron chi connectivity index (χ1n) is 5.69. The molecular weight excluding hydrogens is 286 g/mol. The number of aryl methyl sites for hydroxylation is 1. The fraction of sp³-hybridized carbons (Fsp3) is 0.455. The Kier molecular flexibility index (Phi) is 6.04. The lowest BCUT2D eigenvalue weighted by Gasteiger charge is -2.12. The molecule has 1 heterocycles. The number of anilines is 1. The van der Waals surface area contributed by atoms with E-state index < -0.39 is 17.9 Å². The van der Waals surface area contributed by atoms with Gasteiger partial charge < -0.3 is 20.3 Å². The van der Waals surface area contributed by atoms with Crippen molar-refractivity contribution in [3.8, 4) is 0 Å². The number of hydrogen-bond donors (Lipinski definition) is 3. The van der Waals surface area contributed by atoms with Crippen molar-refractivity contribution in [3.05, 3.63) is 11.8 Å². The lowest BCUT2D eigenvalue weighted by atomic mass is 10.3. The number of aromatic nitrogens is 1. The summed E-state index contributed by atoms with van der Waals surface area (Å²) < 4.78 is 4.79. The molecule has 9 heteroatoms. The van der Waals surface area contributed by atoms with Gasteiger partial charge in [0.1, 0.15) is 11.8 Å². The number of carboxylic acid groups (broad SMARTS) is 1. The molecule has 0 spiro atoms. The van der Waals surface area contributed by atoms with Gasteiger partial charge in [-0.25, -0.2) is 4.79 Å². The summed E-state index contributed by atoms with van der Waals surface area (Å²) >= 11 is 1.10. The van der Waals surface area contributed by atoms with Crippen LogP contribution in [0.5, 0.6) is 0 Å². The van der Waals surface area contributed by atoms with Crippen LogP contribution < -0.4 is 10.6 Å². The average Bonchev–Trinajstić information content (AvgIpc) is 2.72. The van der Waals surface area contributed by atoms with E-state index in [1.807, 2.05) is 0 Å². The van der Waals surface area contributed by atoms with Crippen molar-refractivity contribution in [1.82, 2.24) is 10.5 Å². The number of hydrogen-bond acceptors (Lipinski definition) is 6. The maximum atomic E-state index is 11.5. The van der Waals surface area contributed by atoms with Gasteiger partial charge in [0.15, 0.2) is 5.82 Å². The molecule has 1 atom stereocenters. The maximum Gasteiger partial charge on any atom is 0.327 e. The largest absolute Gasteiger partial charge is 0.480 e. The normalized spacial score (nSPS) is 11.7. The minimum Gasteiger partial charge on any atom is -0.480 e. The first-order valence-corrected chi connectivity index (χ1v) is 6.84. The van der Waals surface area contributed by atoms with Gasteiger partial charge in [-0.15, -0.1) is 11.8 Å². The van der Waals surface area contributed by atoms with Crippen molar-refractivity contribution in [2.75, 3.05) is 16.8 Å². The summed E-state index contributed by atoms with van der Waals surface area (Å²) in [5, 5.41) is 17.3. The molecule has 8 nitrogen and oxygen atoms in total. The van der Waals surface area contributed by atoms with Crippen LogP contribution in [0, 0.1) is 6.92 Å². The van der Waals surface area contributed by atoms with Crippen LogP contribution in [0.25, 0.3) is 0 Å². The van der Waals surface area contributed by atoms with E-state index in [-0.39, 0.29) is 17.4 Å². The summed E-state index contributed by atoms with van der Waals surface area (Å²) in [7, 11) is 0. The van der Waals surface area contributed by atoms with Crippen LogP contribution in [0.3, 0.4) is 0 Å². The minimum atomic E-state index is -1.14. The number of thioether (sulfide) groups is 1. The molecule has 0 radical (unpaired) electrons. The van der Waals surface area contributed by atoms with Crippen LogP contribution in [0.1, 0.15) is 12.7 Å². The van der Waals surface area contributed by atoms with Gasteiger partial charge in [0.2, 0.25) is 11.8 Å². The van der Waals surface area contributed by atoms with Gasteiger partial charge >= 0.3 is 5.97 Å². The topological polar surface area (TPSA) is 122 Å². The summed E-state index contributed by atoms with van der Waals surface area (Å²) in [4.78, 5) is 33.2. The molecule has 0 aromatic carbocycles. The highest BCUT2D eigenvalue weighted by Crippen LogP contribution is 2.09. The molecule has 1 aromatic heterocycles. The highest BCUT2D eigenvalue weighted by molar-refractivity contribution is 8.00. The molecule has 1 unspecified atom stereocenters. The predicted octanol–water partition coefficient (Wildman–Crippen LogP) is 0.244. The van der Waals surface area contributed by atoms with E-state index in [1.54, 1.807) is 13.0 Å². The third-order valence-electron chi connectivity index (χ3n) is 2.09. The number of carbonyl (C=O) groups is 3. The standard InChI is InChI=1S/C11H15N3O5S/c1-6-3-9(14-19-6)13-10(16)5-20-4-8(11(17)18)12-7(2)15/h3,8H,4-5H2,1-2H3,(H,12,15)(H,17,18)(H,13,14,16). The number of carboxylic acids is 1. The second-order valence-electron chi connectivity index (χ2n) is 3.98. The molecule has 2 amide bonds. The molecular formula is C11H15N3O5S. The Balaban J connectivity index is 2.33. The molecule has 0 aliphatic carbocycles. The zero-order valence-electron chi connectivity index (χ0n) is 11.0. The Morgan fingerprint density at radius 2 is 2.20 bits per heavy atom. The van der Waals surface area contributed by atoms with Crippen LogP contribution in [-0.2, 0) is 14.4 Å². The Morgan fingerprint density at radius 3 is 2.70 bits per heavy atom. The van der Waals surface area contributed by atoms with Crippen molar-refractivity contribution in [1.29, 1.82) is 0 Å². The molecule has 1 aromatic rings. The molecule has 0 aliphatic rings. The Bertz CT molecular complexity index is 502. The fourth-order valence-corrected chi connectivity index (χ4v) is 2.13. The SMILES string of the molecule is CC(=O)NC(CSCC(=O)Nc1cc(C)on1)C(=O)O. The quantitative estimate of drug-likeness (QED) is 0.659. The van der Waals surface area contributed by atoms with Crippen LogP contribution in [0.2, 0.25) is 0 Å². The molecule has 1 rings (SSSR count). The van der Waals surface area contributed by atoms with Crippen LogP contribution in [0.15, 0.2) is 10.6 Å². The highest BCUT2D eigenvalue weighted by atomic mass is 32.2. The Labute approximate surface area is 119 Å². The Hall–Kier alpha value is -2.03. The molecule has 3 N–H and O–H groups in total. The number of nitrogens with zero attached hydrogens (tertiary/aromatic N) is 1. The zero-order chi connectivity index (χ0) is 15.1. The summed E-state index contributed by atoms with van der Waals surface area (Å²) in [6.07, 6.45) is 0. The van der Waals surface area contributed by atoms with Crippen molar-refractivity contribution in [2.24, 2.45) is 0 Å². The molecule has 20 heavy (non-hydrogen) atoms. The summed E-state index contributed by atoms with van der Waals surface area (Å²) in [5.41, 5.74) is 0. The molecule has 0 fully saturated rings. The van der Waals surface area contributed by atoms with Crippen LogP contribution in [0.4, 0.5) is 5.82 Å². The maximum absolute atomic E-state index is 11.5. The number of nitrogens with one attached hydrogen (secondary N) is 2. The third-order valence-corrected chi connectivity index (χ3v) is 3.12. The van der Waals surface area contributed by atoms with E-state index in [4.69, 9.17) is 9.63 Å². The molecule has 0 saturated carbocycles. The molecule has 0 aliphatic heterocycles. The van der Waals surface area contributed by atoms with Crippen LogP contribution in [-0.4, -0.2) is 45.6 Å². The number of aliphatic carboxylic acids is 1. The van der Waals surface area contributed by atoms with E-state index in [2.05, 4.69) is 15.8 Å². The van der Waals surface area contributed by atoms with E-state index in [0.717, 1.165) is 11.8 Å². The number of carbonyl (C=O) groups excluding carboxylic acids is 2. The van der Waals surface area contributed by atoms with Gasteiger partial charge in [0.05, 0.1) is 5.75 Å². The smallest absolute Gasteiger partial charge is 0.327 e. The van der Waals surface area contributed by atoms with Gasteiger partial charge in [0, 0.05) is 18.7 Å². The second-order valence-corrected chi connectivity index (χ2v) is 5.01. The van der Waals surface area contributed by atoms with Gasteiger partial charge in [-0.3, -0.25) is 9.59 Å². The highest BCUT2D eigenvalue weighted by Gasteiger charge is 2.18. The summed E-state index contributed by atoms with van der Waals surface area (Å²) in [5.74, 6) is -0.861. The lowest BCUT2D eigenvalue weighted by Crippen LogP contribution is -2.41. The van der Waals surface area contributed by atoms with Crippen LogP contribution >= 0.6 is 11.8 Å². The molecule has 0 saturated heterocycles. The molecule has 0 bridgehead atoms. The monoisotopic (exact) mass is 301 g/mol. The molecule has 110 valence electrons. The van der Waals surface area contributed by atoms with E-state index in [1.165, 1.54) is 6.92 Å². The minimum absolute atomic E-state index is 0.0509. The summed E-state index contributed by atoms with van der Waals surface area (Å²) in [6.45, 7) is 2.93. The predicted molar refractivity (Wildman–Crippen MR) is 72.4 cm³/mol. The lowest BCUT2D eigenvalue weighted by molar-refractivity contribution is -0.140. The van der Waals surface area contributed by atoms with Crippen molar-refractivity contribution in [3.63, 3.8) is 0 Å². The van der Waals surface area contributed by atoms with Crippen molar-refractivity contribution >= 4 is 35.4 Å². The van der Waals surface area contributed by atoms with Crippen molar-refractivity contribution < 1.29 is 24.0 Å². The second kappa shape index (κ2) is 7.53. The van der Waals surface area contributed by atoms with Crippen molar-refractivity contribution in [2.45, 2.75) is 19.9 Å². The van der Waals surface area contributed by atoms with Gasteiger partial charge in [-0.2, -0.15) is 0 Å². The van der Waals surface area contributed by atoms with Gasteiger partial charge in [-0.1, -0.05) is 5.16 Å². The first-order chi connectivity index (χ1) is 9.38. The van der Waals surface area contributed by atoms with E-state index >= 15 is 0 Å². The van der Waals surface area contributed by atoms with E-state index in [9.17, 15) is 14.4 Å². The average molecular weight is 301 g/mol. The third kappa shape index (κ3) is 5.74. The Morgan fingerprint density at radius 1 is 1.50 bits per heavy atom. The van der Waals surface area contributed by atoms with Gasteiger partial charge in [0.25, 0.3) is 0 Å². The summed E-state index contributed by atoms with van der Waals surface area (Å²) in [6, 6.07) is 0.555. The van der Waals surface area contributed by atoms with Gasteiger partial charge in [-0.05, 0) is 6.92 Å². The van der Waals surface area contributed by atoms with E-state index in [0.29, 0.717) is 11.6 Å².